The SMILES string of the molecule is CCCCOc1c(OCOC)ccc(C=O)c1-c1cccc(F)c1. The molecular weight excluding hydrogens is 311 g/mol. The predicted octanol–water partition coefficient (Wildman–Crippen LogP) is 4.47. The van der Waals surface area contributed by atoms with Gasteiger partial charge in [0.2, 0.25) is 0 Å². The molecule has 0 N–H and O–H groups in total. The maximum absolute atomic E-state index is 13.6. The number of aldehydes is 1. The van der Waals surface area contributed by atoms with Gasteiger partial charge < -0.3 is 14.2 Å². The van der Waals surface area contributed by atoms with Gasteiger partial charge in [-0.1, -0.05) is 25.5 Å². The molecule has 5 heteroatoms. The second-order valence-corrected chi connectivity index (χ2v) is 5.24. The average Bonchev–Trinajstić information content (AvgIpc) is 2.60. The Kier molecular flexibility index (Phi) is 6.75. The zero-order valence-electron chi connectivity index (χ0n) is 13.9. The number of hydrogen-bond donors (Lipinski definition) is 0. The minimum atomic E-state index is -0.382. The third-order valence-electron chi connectivity index (χ3n) is 3.47. The van der Waals surface area contributed by atoms with E-state index in [2.05, 4.69) is 6.92 Å². The Hall–Kier alpha value is -2.40. The first kappa shape index (κ1) is 17.9. The fourth-order valence-electron chi connectivity index (χ4n) is 2.32. The summed E-state index contributed by atoms with van der Waals surface area (Å²) < 4.78 is 30.0. The van der Waals surface area contributed by atoms with Crippen LogP contribution in [0.5, 0.6) is 11.5 Å². The molecule has 0 radical (unpaired) electrons. The first-order chi connectivity index (χ1) is 11.7. The average molecular weight is 332 g/mol. The van der Waals surface area contributed by atoms with Crippen LogP contribution in [0.3, 0.4) is 0 Å². The van der Waals surface area contributed by atoms with E-state index in [0.717, 1.165) is 19.1 Å². The van der Waals surface area contributed by atoms with Crippen LogP contribution in [0.4, 0.5) is 4.39 Å². The molecule has 0 aliphatic carbocycles. The maximum Gasteiger partial charge on any atom is 0.188 e. The minimum Gasteiger partial charge on any atom is -0.489 e. The summed E-state index contributed by atoms with van der Waals surface area (Å²) in [7, 11) is 1.52. The Labute approximate surface area is 141 Å². The van der Waals surface area contributed by atoms with Crippen LogP contribution in [0.1, 0.15) is 30.1 Å². The van der Waals surface area contributed by atoms with E-state index in [1.54, 1.807) is 24.3 Å². The summed E-state index contributed by atoms with van der Waals surface area (Å²) >= 11 is 0. The first-order valence-corrected chi connectivity index (χ1v) is 7.84. The van der Waals surface area contributed by atoms with Crippen LogP contribution in [-0.4, -0.2) is 26.8 Å². The van der Waals surface area contributed by atoms with Crippen molar-refractivity contribution in [3.05, 3.63) is 47.8 Å². The molecular formula is C19H21FO4. The Bertz CT molecular complexity index is 685. The zero-order valence-corrected chi connectivity index (χ0v) is 13.9. The molecule has 0 saturated heterocycles. The zero-order chi connectivity index (χ0) is 17.4. The summed E-state index contributed by atoms with van der Waals surface area (Å²) in [6.07, 6.45) is 2.56. The molecule has 2 rings (SSSR count). The third kappa shape index (κ3) is 4.32. The second kappa shape index (κ2) is 9.03. The fraction of sp³-hybridized carbons (Fsp3) is 0.316. The molecule has 0 aliphatic heterocycles. The van der Waals surface area contributed by atoms with Crippen molar-refractivity contribution >= 4 is 6.29 Å². The van der Waals surface area contributed by atoms with E-state index in [1.165, 1.54) is 19.2 Å². The lowest BCUT2D eigenvalue weighted by atomic mass is 9.98. The second-order valence-electron chi connectivity index (χ2n) is 5.24. The van der Waals surface area contributed by atoms with Gasteiger partial charge in [0.15, 0.2) is 24.6 Å². The molecule has 0 aliphatic rings. The van der Waals surface area contributed by atoms with Gasteiger partial charge >= 0.3 is 0 Å². The topological polar surface area (TPSA) is 44.8 Å². The number of hydrogen-bond acceptors (Lipinski definition) is 4. The molecule has 0 spiro atoms. The highest BCUT2D eigenvalue weighted by Crippen LogP contribution is 2.41. The van der Waals surface area contributed by atoms with Gasteiger partial charge in [0.1, 0.15) is 5.82 Å². The highest BCUT2D eigenvalue weighted by atomic mass is 19.1. The monoisotopic (exact) mass is 332 g/mol. The summed E-state index contributed by atoms with van der Waals surface area (Å²) in [6, 6.07) is 9.34. The third-order valence-corrected chi connectivity index (χ3v) is 3.47. The molecule has 0 aromatic heterocycles. The fourth-order valence-corrected chi connectivity index (χ4v) is 2.32. The van der Waals surface area contributed by atoms with E-state index in [4.69, 9.17) is 14.2 Å². The number of ether oxygens (including phenoxy) is 3. The Morgan fingerprint density at radius 2 is 2.00 bits per heavy atom. The van der Waals surface area contributed by atoms with Crippen molar-refractivity contribution in [1.82, 2.24) is 0 Å². The van der Waals surface area contributed by atoms with E-state index >= 15 is 0 Å². The lowest BCUT2D eigenvalue weighted by molar-refractivity contribution is 0.0486. The number of unbranched alkanes of at least 4 members (excludes halogenated alkanes) is 1. The van der Waals surface area contributed by atoms with Crippen LogP contribution in [0.2, 0.25) is 0 Å². The normalized spacial score (nSPS) is 10.5. The van der Waals surface area contributed by atoms with Crippen LogP contribution in [-0.2, 0) is 4.74 Å². The molecule has 128 valence electrons. The van der Waals surface area contributed by atoms with Gasteiger partial charge in [-0.2, -0.15) is 0 Å². The maximum atomic E-state index is 13.6. The van der Waals surface area contributed by atoms with E-state index in [0.29, 0.717) is 34.8 Å². The van der Waals surface area contributed by atoms with Crippen LogP contribution in [0, 0.1) is 5.82 Å². The van der Waals surface area contributed by atoms with Crippen molar-refractivity contribution in [1.29, 1.82) is 0 Å². The highest BCUT2D eigenvalue weighted by molar-refractivity contribution is 5.92. The van der Waals surface area contributed by atoms with Crippen molar-refractivity contribution in [3.63, 3.8) is 0 Å². The first-order valence-electron chi connectivity index (χ1n) is 7.84. The largest absolute Gasteiger partial charge is 0.489 e. The summed E-state index contributed by atoms with van der Waals surface area (Å²) in [5, 5.41) is 0. The van der Waals surface area contributed by atoms with Gasteiger partial charge in [0, 0.05) is 18.2 Å². The number of carbonyl (C=O) groups is 1. The predicted molar refractivity (Wildman–Crippen MR) is 90.1 cm³/mol. The Balaban J connectivity index is 2.55. The van der Waals surface area contributed by atoms with E-state index in [-0.39, 0.29) is 12.6 Å². The molecule has 0 fully saturated rings. The van der Waals surface area contributed by atoms with Crippen molar-refractivity contribution in [2.45, 2.75) is 19.8 Å². The number of rotatable bonds is 9. The van der Waals surface area contributed by atoms with Crippen molar-refractivity contribution in [2.75, 3.05) is 20.5 Å². The van der Waals surface area contributed by atoms with Gasteiger partial charge in [0.25, 0.3) is 0 Å². The summed E-state index contributed by atoms with van der Waals surface area (Å²) in [5.41, 5.74) is 1.50. The van der Waals surface area contributed by atoms with E-state index < -0.39 is 0 Å². The van der Waals surface area contributed by atoms with Gasteiger partial charge in [-0.05, 0) is 36.2 Å². The minimum absolute atomic E-state index is 0.0488. The van der Waals surface area contributed by atoms with Crippen molar-refractivity contribution < 1.29 is 23.4 Å². The van der Waals surface area contributed by atoms with Crippen molar-refractivity contribution in [2.24, 2.45) is 0 Å². The lowest BCUT2D eigenvalue weighted by Crippen LogP contribution is -2.06. The summed E-state index contributed by atoms with van der Waals surface area (Å²) in [6.45, 7) is 2.58. The smallest absolute Gasteiger partial charge is 0.188 e. The molecule has 24 heavy (non-hydrogen) atoms. The highest BCUT2D eigenvalue weighted by Gasteiger charge is 2.18. The van der Waals surface area contributed by atoms with Crippen LogP contribution in [0.25, 0.3) is 11.1 Å². The van der Waals surface area contributed by atoms with Crippen LogP contribution < -0.4 is 9.47 Å². The number of carbonyl (C=O) groups excluding carboxylic acids is 1. The molecule has 0 saturated carbocycles. The number of halogens is 1. The van der Waals surface area contributed by atoms with Crippen LogP contribution >= 0.6 is 0 Å². The lowest BCUT2D eigenvalue weighted by Gasteiger charge is -2.18. The van der Waals surface area contributed by atoms with Gasteiger partial charge in [-0.3, -0.25) is 4.79 Å². The number of benzene rings is 2. The standard InChI is InChI=1S/C19H21FO4/c1-3-4-10-23-19-17(24-13-22-2)9-8-15(12-21)18(19)14-6-5-7-16(20)11-14/h5-9,11-12H,3-4,10,13H2,1-2H3. The molecule has 0 unspecified atom stereocenters. The van der Waals surface area contributed by atoms with E-state index in [9.17, 15) is 9.18 Å². The van der Waals surface area contributed by atoms with Gasteiger partial charge in [-0.15, -0.1) is 0 Å². The van der Waals surface area contributed by atoms with Crippen LogP contribution in [0.15, 0.2) is 36.4 Å². The molecule has 0 atom stereocenters. The Morgan fingerprint density at radius 1 is 1.17 bits per heavy atom. The quantitative estimate of drug-likeness (QED) is 0.386. The molecule has 0 bridgehead atoms. The molecule has 2 aromatic carbocycles. The van der Waals surface area contributed by atoms with Gasteiger partial charge in [0.05, 0.1) is 6.61 Å². The molecule has 4 nitrogen and oxygen atoms in total. The summed E-state index contributed by atoms with van der Waals surface area (Å²) in [4.78, 5) is 11.5. The van der Waals surface area contributed by atoms with Crippen molar-refractivity contribution in [3.8, 4) is 22.6 Å². The van der Waals surface area contributed by atoms with Gasteiger partial charge in [-0.25, -0.2) is 4.39 Å². The summed E-state index contributed by atoms with van der Waals surface area (Å²) in [5.74, 6) is 0.501. The number of methoxy groups -OCH3 is 1. The molecule has 2 aromatic rings. The molecule has 0 amide bonds. The van der Waals surface area contributed by atoms with E-state index in [1.807, 2.05) is 0 Å². The Morgan fingerprint density at radius 3 is 2.67 bits per heavy atom. The molecule has 0 heterocycles.